The van der Waals surface area contributed by atoms with Crippen molar-refractivity contribution < 1.29 is 9.47 Å². The van der Waals surface area contributed by atoms with E-state index in [0.29, 0.717) is 5.92 Å². The van der Waals surface area contributed by atoms with Crippen LogP contribution >= 0.6 is 15.9 Å². The molecule has 3 N–H and O–H groups in total. The van der Waals surface area contributed by atoms with Gasteiger partial charge in [0.2, 0.25) is 0 Å². The summed E-state index contributed by atoms with van der Waals surface area (Å²) in [6.07, 6.45) is 4.61. The number of benzene rings is 1. The van der Waals surface area contributed by atoms with Crippen LogP contribution in [-0.4, -0.2) is 14.2 Å². The molecule has 0 radical (unpaired) electrons. The van der Waals surface area contributed by atoms with E-state index < -0.39 is 0 Å². The molecule has 120 valence electrons. The fourth-order valence-electron chi connectivity index (χ4n) is 2.72. The second-order valence-electron chi connectivity index (χ2n) is 5.16. The van der Waals surface area contributed by atoms with Gasteiger partial charge in [0, 0.05) is 5.56 Å². The van der Waals surface area contributed by atoms with Crippen LogP contribution in [-0.2, 0) is 0 Å². The summed E-state index contributed by atoms with van der Waals surface area (Å²) in [6, 6.07) is 4.04. The van der Waals surface area contributed by atoms with Gasteiger partial charge in [-0.05, 0) is 40.4 Å². The molecule has 1 rings (SSSR count). The highest BCUT2D eigenvalue weighted by molar-refractivity contribution is 9.10. The first-order chi connectivity index (χ1) is 10.1. The highest BCUT2D eigenvalue weighted by Gasteiger charge is 2.25. The molecule has 0 fully saturated rings. The summed E-state index contributed by atoms with van der Waals surface area (Å²) in [5.74, 6) is 7.86. The topological polar surface area (TPSA) is 56.5 Å². The molecule has 5 heteroatoms. The lowest BCUT2D eigenvalue weighted by Gasteiger charge is -2.28. The summed E-state index contributed by atoms with van der Waals surface area (Å²) in [7, 11) is 3.32. The summed E-state index contributed by atoms with van der Waals surface area (Å²) >= 11 is 3.56. The Labute approximate surface area is 136 Å². The summed E-state index contributed by atoms with van der Waals surface area (Å²) in [6.45, 7) is 4.41. The van der Waals surface area contributed by atoms with Crippen LogP contribution in [0, 0.1) is 5.92 Å². The third kappa shape index (κ3) is 4.34. The number of hydrazine groups is 1. The zero-order valence-electron chi connectivity index (χ0n) is 13.4. The molecule has 4 nitrogen and oxygen atoms in total. The van der Waals surface area contributed by atoms with E-state index in [9.17, 15) is 0 Å². The van der Waals surface area contributed by atoms with Crippen LogP contribution < -0.4 is 20.7 Å². The molecular weight excluding hydrogens is 332 g/mol. The third-order valence-electron chi connectivity index (χ3n) is 3.96. The Morgan fingerprint density at radius 1 is 1.24 bits per heavy atom. The van der Waals surface area contributed by atoms with E-state index in [4.69, 9.17) is 15.3 Å². The maximum Gasteiger partial charge on any atom is 0.141 e. The molecule has 21 heavy (non-hydrogen) atoms. The SMILES string of the molecule is CCCCC(CC)C(NN)c1ccc(OC)c(Br)c1OC. The average molecular weight is 359 g/mol. The van der Waals surface area contributed by atoms with Gasteiger partial charge in [0.1, 0.15) is 16.0 Å². The van der Waals surface area contributed by atoms with E-state index in [1.165, 1.54) is 12.8 Å². The lowest BCUT2D eigenvalue weighted by molar-refractivity contribution is 0.312. The fourth-order valence-corrected chi connectivity index (χ4v) is 3.40. The van der Waals surface area contributed by atoms with Gasteiger partial charge in [-0.3, -0.25) is 11.3 Å². The number of hydrogen-bond donors (Lipinski definition) is 2. The third-order valence-corrected chi connectivity index (χ3v) is 4.71. The van der Waals surface area contributed by atoms with Crippen molar-refractivity contribution in [3.63, 3.8) is 0 Å². The number of hydrogen-bond acceptors (Lipinski definition) is 4. The number of unbranched alkanes of at least 4 members (excludes halogenated alkanes) is 1. The molecule has 2 unspecified atom stereocenters. The normalized spacial score (nSPS) is 13.8. The van der Waals surface area contributed by atoms with E-state index in [1.54, 1.807) is 14.2 Å². The van der Waals surface area contributed by atoms with E-state index >= 15 is 0 Å². The first-order valence-electron chi connectivity index (χ1n) is 7.50. The van der Waals surface area contributed by atoms with E-state index in [0.717, 1.165) is 34.4 Å². The fraction of sp³-hybridized carbons (Fsp3) is 0.625. The van der Waals surface area contributed by atoms with Gasteiger partial charge in [-0.25, -0.2) is 0 Å². The Bertz CT molecular complexity index is 441. The molecule has 0 aliphatic heterocycles. The molecule has 0 amide bonds. The zero-order valence-corrected chi connectivity index (χ0v) is 15.0. The molecule has 1 aromatic carbocycles. The Morgan fingerprint density at radius 2 is 1.95 bits per heavy atom. The van der Waals surface area contributed by atoms with E-state index in [2.05, 4.69) is 35.2 Å². The minimum absolute atomic E-state index is 0.0682. The van der Waals surface area contributed by atoms with Crippen LogP contribution in [0.3, 0.4) is 0 Å². The van der Waals surface area contributed by atoms with Gasteiger partial charge in [0.15, 0.2) is 0 Å². The Balaban J connectivity index is 3.17. The Hall–Kier alpha value is -0.780. The number of ether oxygens (including phenoxy) is 2. The van der Waals surface area contributed by atoms with E-state index in [-0.39, 0.29) is 6.04 Å². The van der Waals surface area contributed by atoms with Crippen molar-refractivity contribution in [2.24, 2.45) is 11.8 Å². The minimum atomic E-state index is 0.0682. The van der Waals surface area contributed by atoms with Gasteiger partial charge in [-0.15, -0.1) is 0 Å². The first-order valence-corrected chi connectivity index (χ1v) is 8.30. The van der Waals surface area contributed by atoms with Crippen molar-refractivity contribution in [1.29, 1.82) is 0 Å². The zero-order chi connectivity index (χ0) is 15.8. The maximum atomic E-state index is 5.85. The molecule has 0 saturated heterocycles. The number of rotatable bonds is 9. The molecular formula is C16H27BrN2O2. The van der Waals surface area contributed by atoms with Gasteiger partial charge < -0.3 is 9.47 Å². The molecule has 0 bridgehead atoms. The second kappa shape index (κ2) is 9.28. The van der Waals surface area contributed by atoms with Crippen LogP contribution in [0.2, 0.25) is 0 Å². The van der Waals surface area contributed by atoms with Crippen molar-refractivity contribution in [2.45, 2.75) is 45.6 Å². The summed E-state index contributed by atoms with van der Waals surface area (Å²) in [5, 5.41) is 0. The lowest BCUT2D eigenvalue weighted by atomic mass is 9.87. The van der Waals surface area contributed by atoms with Crippen molar-refractivity contribution >= 4 is 15.9 Å². The number of halogens is 1. The summed E-state index contributed by atoms with van der Waals surface area (Å²) < 4.78 is 11.7. The highest BCUT2D eigenvalue weighted by atomic mass is 79.9. The molecule has 0 aromatic heterocycles. The van der Waals surface area contributed by atoms with Crippen LogP contribution in [0.15, 0.2) is 16.6 Å². The predicted molar refractivity (Wildman–Crippen MR) is 90.6 cm³/mol. The van der Waals surface area contributed by atoms with Crippen molar-refractivity contribution in [1.82, 2.24) is 5.43 Å². The number of nitrogens with two attached hydrogens (primary N) is 1. The van der Waals surface area contributed by atoms with Gasteiger partial charge in [-0.1, -0.05) is 33.1 Å². The molecule has 0 aliphatic rings. The number of methoxy groups -OCH3 is 2. The quantitative estimate of drug-likeness (QED) is 0.513. The predicted octanol–water partition coefficient (Wildman–Crippen LogP) is 4.19. The Morgan fingerprint density at radius 3 is 2.43 bits per heavy atom. The average Bonchev–Trinajstić information content (AvgIpc) is 2.51. The van der Waals surface area contributed by atoms with Gasteiger partial charge in [-0.2, -0.15) is 0 Å². The second-order valence-corrected chi connectivity index (χ2v) is 5.95. The molecule has 0 spiro atoms. The van der Waals surface area contributed by atoms with Crippen LogP contribution in [0.25, 0.3) is 0 Å². The van der Waals surface area contributed by atoms with Crippen LogP contribution in [0.5, 0.6) is 11.5 Å². The highest BCUT2D eigenvalue weighted by Crippen LogP contribution is 2.42. The Kier molecular flexibility index (Phi) is 8.07. The van der Waals surface area contributed by atoms with Crippen molar-refractivity contribution in [3.05, 3.63) is 22.2 Å². The van der Waals surface area contributed by atoms with E-state index in [1.807, 2.05) is 12.1 Å². The smallest absolute Gasteiger partial charge is 0.141 e. The van der Waals surface area contributed by atoms with Crippen LogP contribution in [0.1, 0.15) is 51.1 Å². The molecule has 1 aromatic rings. The van der Waals surface area contributed by atoms with Crippen molar-refractivity contribution in [3.8, 4) is 11.5 Å². The van der Waals surface area contributed by atoms with Gasteiger partial charge in [0.25, 0.3) is 0 Å². The van der Waals surface area contributed by atoms with Gasteiger partial charge >= 0.3 is 0 Å². The largest absolute Gasteiger partial charge is 0.495 e. The molecule has 2 atom stereocenters. The molecule has 0 heterocycles. The summed E-state index contributed by atoms with van der Waals surface area (Å²) in [4.78, 5) is 0. The maximum absolute atomic E-state index is 5.85. The monoisotopic (exact) mass is 358 g/mol. The molecule has 0 saturated carbocycles. The standard InChI is InChI=1S/C16H27BrN2O2/c1-5-7-8-11(6-2)15(19-18)12-9-10-13(20-3)14(17)16(12)21-4/h9-11,15,19H,5-8,18H2,1-4H3. The first kappa shape index (κ1) is 18.3. The molecule has 0 aliphatic carbocycles. The minimum Gasteiger partial charge on any atom is -0.495 e. The van der Waals surface area contributed by atoms with Crippen molar-refractivity contribution in [2.75, 3.05) is 14.2 Å². The lowest BCUT2D eigenvalue weighted by Crippen LogP contribution is -2.33. The number of nitrogens with one attached hydrogen (secondary N) is 1. The summed E-state index contributed by atoms with van der Waals surface area (Å²) in [5.41, 5.74) is 4.04. The van der Waals surface area contributed by atoms with Crippen LogP contribution in [0.4, 0.5) is 0 Å². The van der Waals surface area contributed by atoms with Gasteiger partial charge in [0.05, 0.1) is 20.3 Å².